The molecule has 4 aromatic rings. The van der Waals surface area contributed by atoms with Crippen LogP contribution in [0.1, 0.15) is 40.8 Å². The summed E-state index contributed by atoms with van der Waals surface area (Å²) in [4.78, 5) is 4.98. The first-order valence-electron chi connectivity index (χ1n) is 11.7. The van der Waals surface area contributed by atoms with Crippen molar-refractivity contribution in [3.8, 4) is 22.9 Å². The molecular weight excluding hydrogens is 436 g/mol. The maximum absolute atomic E-state index is 10.2. The topological polar surface area (TPSA) is 45.9 Å². The Morgan fingerprint density at radius 1 is 0.824 bits per heavy atom. The van der Waals surface area contributed by atoms with E-state index in [-0.39, 0.29) is 0 Å². The van der Waals surface area contributed by atoms with Gasteiger partial charge in [-0.2, -0.15) is 5.26 Å². The normalized spacial score (nSPS) is 12.6. The number of benzene rings is 3. The molecular formula is C30H26N2OS. The second-order valence-electron chi connectivity index (χ2n) is 8.48. The Morgan fingerprint density at radius 2 is 1.50 bits per heavy atom. The molecule has 1 heterocycles. The molecule has 1 aliphatic carbocycles. The summed E-state index contributed by atoms with van der Waals surface area (Å²) < 4.78 is 5.98. The summed E-state index contributed by atoms with van der Waals surface area (Å²) in [6.45, 7) is 0.536. The Kier molecular flexibility index (Phi) is 6.93. The summed E-state index contributed by atoms with van der Waals surface area (Å²) in [5, 5.41) is 11.0. The van der Waals surface area contributed by atoms with Gasteiger partial charge in [0.25, 0.3) is 0 Å². The van der Waals surface area contributed by atoms with Crippen molar-refractivity contribution in [3.05, 3.63) is 113 Å². The Hall–Kier alpha value is -3.55. The first-order valence-corrected chi connectivity index (χ1v) is 12.7. The van der Waals surface area contributed by atoms with Gasteiger partial charge in [0.15, 0.2) is 0 Å². The van der Waals surface area contributed by atoms with Crippen LogP contribution in [0.5, 0.6) is 5.75 Å². The summed E-state index contributed by atoms with van der Waals surface area (Å²) in [7, 11) is 0. The van der Waals surface area contributed by atoms with E-state index in [0.29, 0.717) is 12.2 Å². The Morgan fingerprint density at radius 3 is 2.21 bits per heavy atom. The lowest BCUT2D eigenvalue weighted by molar-refractivity contribution is 0.306. The van der Waals surface area contributed by atoms with E-state index in [2.05, 4.69) is 42.5 Å². The molecule has 0 radical (unpaired) electrons. The first kappa shape index (κ1) is 22.3. The van der Waals surface area contributed by atoms with Crippen molar-refractivity contribution in [1.29, 1.82) is 5.26 Å². The highest BCUT2D eigenvalue weighted by molar-refractivity contribution is 7.98. The van der Waals surface area contributed by atoms with Crippen LogP contribution in [-0.4, -0.2) is 4.98 Å². The third-order valence-electron chi connectivity index (χ3n) is 6.16. The van der Waals surface area contributed by atoms with Gasteiger partial charge < -0.3 is 4.74 Å². The zero-order chi connectivity index (χ0) is 23.2. The highest BCUT2D eigenvalue weighted by Gasteiger charge is 2.23. The third-order valence-corrected chi connectivity index (χ3v) is 7.21. The molecule has 0 bridgehead atoms. The average Bonchev–Trinajstić information content (AvgIpc) is 2.91. The number of aryl methyl sites for hydroxylation is 1. The Labute approximate surface area is 205 Å². The van der Waals surface area contributed by atoms with E-state index >= 15 is 0 Å². The molecule has 5 rings (SSSR count). The lowest BCUT2D eigenvalue weighted by atomic mass is 9.87. The van der Waals surface area contributed by atoms with Crippen molar-refractivity contribution in [2.24, 2.45) is 0 Å². The zero-order valence-electron chi connectivity index (χ0n) is 19.0. The number of ether oxygens (including phenoxy) is 1. The fourth-order valence-corrected chi connectivity index (χ4v) is 5.39. The van der Waals surface area contributed by atoms with Gasteiger partial charge in [-0.15, -0.1) is 11.8 Å². The number of pyridine rings is 1. The highest BCUT2D eigenvalue weighted by Crippen LogP contribution is 2.39. The van der Waals surface area contributed by atoms with Crippen LogP contribution in [0.4, 0.5) is 0 Å². The molecule has 1 aromatic heterocycles. The van der Waals surface area contributed by atoms with Crippen LogP contribution in [0, 0.1) is 11.3 Å². The molecule has 168 valence electrons. The number of fused-ring (bicyclic) bond motifs is 1. The lowest BCUT2D eigenvalue weighted by Gasteiger charge is -2.22. The minimum absolute atomic E-state index is 0.536. The SMILES string of the molecule is N#Cc1c(SCc2ccccc2)nc2c(c1-c1ccc(OCc3ccccc3)cc1)CCCC2. The van der Waals surface area contributed by atoms with Crippen LogP contribution in [0.25, 0.3) is 11.1 Å². The van der Waals surface area contributed by atoms with Crippen molar-refractivity contribution in [2.45, 2.75) is 43.1 Å². The molecule has 1 aliphatic rings. The molecule has 0 aliphatic heterocycles. The number of rotatable bonds is 7. The Balaban J connectivity index is 1.45. The van der Waals surface area contributed by atoms with Crippen molar-refractivity contribution < 1.29 is 4.74 Å². The molecule has 0 saturated carbocycles. The molecule has 0 atom stereocenters. The average molecular weight is 463 g/mol. The smallest absolute Gasteiger partial charge is 0.119 e. The predicted octanol–water partition coefficient (Wildman–Crippen LogP) is 7.37. The fraction of sp³-hybridized carbons (Fsp3) is 0.200. The molecule has 0 N–H and O–H groups in total. The van der Waals surface area contributed by atoms with Gasteiger partial charge in [0.1, 0.15) is 23.5 Å². The number of nitriles is 1. The molecule has 0 spiro atoms. The Bertz CT molecular complexity index is 1300. The predicted molar refractivity (Wildman–Crippen MR) is 138 cm³/mol. The number of nitrogens with zero attached hydrogens (tertiary/aromatic N) is 2. The van der Waals surface area contributed by atoms with Crippen LogP contribution in [0.15, 0.2) is 90.0 Å². The largest absolute Gasteiger partial charge is 0.489 e. The minimum Gasteiger partial charge on any atom is -0.489 e. The van der Waals surface area contributed by atoms with Crippen molar-refractivity contribution >= 4 is 11.8 Å². The summed E-state index contributed by atoms with van der Waals surface area (Å²) >= 11 is 1.66. The van der Waals surface area contributed by atoms with E-state index in [9.17, 15) is 5.26 Å². The molecule has 0 amide bonds. The maximum atomic E-state index is 10.2. The van der Waals surface area contributed by atoms with E-state index in [1.807, 2.05) is 48.5 Å². The minimum atomic E-state index is 0.536. The molecule has 0 unspecified atom stereocenters. The summed E-state index contributed by atoms with van der Waals surface area (Å²) in [5.41, 5.74) is 7.58. The second-order valence-corrected chi connectivity index (χ2v) is 9.45. The zero-order valence-corrected chi connectivity index (χ0v) is 19.9. The third kappa shape index (κ3) is 5.00. The first-order chi connectivity index (χ1) is 16.8. The van der Waals surface area contributed by atoms with E-state index in [4.69, 9.17) is 9.72 Å². The standard InChI is InChI=1S/C30H26N2OS/c31-19-27-29(24-15-17-25(18-16-24)33-20-22-9-3-1-4-10-22)26-13-7-8-14-28(26)32-30(27)34-21-23-11-5-2-6-12-23/h1-6,9-12,15-18H,7-8,13-14,20-21H2. The van der Waals surface area contributed by atoms with Gasteiger partial charge in [-0.25, -0.2) is 4.98 Å². The number of hydrogen-bond acceptors (Lipinski definition) is 4. The maximum Gasteiger partial charge on any atom is 0.119 e. The van der Waals surface area contributed by atoms with Gasteiger partial charge in [-0.3, -0.25) is 0 Å². The summed E-state index contributed by atoms with van der Waals surface area (Å²) in [5.74, 6) is 1.63. The molecule has 0 saturated heterocycles. The second kappa shape index (κ2) is 10.6. The number of aromatic nitrogens is 1. The van der Waals surface area contributed by atoms with Crippen LogP contribution >= 0.6 is 11.8 Å². The van der Waals surface area contributed by atoms with E-state index in [1.54, 1.807) is 11.8 Å². The van der Waals surface area contributed by atoms with Gasteiger partial charge >= 0.3 is 0 Å². The summed E-state index contributed by atoms with van der Waals surface area (Å²) in [6.07, 6.45) is 4.25. The van der Waals surface area contributed by atoms with Crippen LogP contribution < -0.4 is 4.74 Å². The molecule has 34 heavy (non-hydrogen) atoms. The van der Waals surface area contributed by atoms with Crippen molar-refractivity contribution in [3.63, 3.8) is 0 Å². The van der Waals surface area contributed by atoms with E-state index in [0.717, 1.165) is 64.6 Å². The van der Waals surface area contributed by atoms with Crippen molar-refractivity contribution in [2.75, 3.05) is 0 Å². The molecule has 3 nitrogen and oxygen atoms in total. The highest BCUT2D eigenvalue weighted by atomic mass is 32.2. The number of thioether (sulfide) groups is 1. The monoisotopic (exact) mass is 462 g/mol. The lowest BCUT2D eigenvalue weighted by Crippen LogP contribution is -2.10. The summed E-state index contributed by atoms with van der Waals surface area (Å²) in [6, 6.07) is 31.2. The van der Waals surface area contributed by atoms with Crippen molar-refractivity contribution in [1.82, 2.24) is 4.98 Å². The van der Waals surface area contributed by atoms with E-state index in [1.165, 1.54) is 11.1 Å². The van der Waals surface area contributed by atoms with Gasteiger partial charge in [-0.1, -0.05) is 72.8 Å². The van der Waals surface area contributed by atoms with Crippen LogP contribution in [0.2, 0.25) is 0 Å². The fourth-order valence-electron chi connectivity index (χ4n) is 4.43. The van der Waals surface area contributed by atoms with Gasteiger partial charge in [-0.05, 0) is 60.1 Å². The molecule has 0 fully saturated rings. The number of hydrogen-bond donors (Lipinski definition) is 0. The molecule has 4 heteroatoms. The van der Waals surface area contributed by atoms with Gasteiger partial charge in [0, 0.05) is 17.0 Å². The van der Waals surface area contributed by atoms with Crippen LogP contribution in [-0.2, 0) is 25.2 Å². The van der Waals surface area contributed by atoms with Crippen LogP contribution in [0.3, 0.4) is 0 Å². The quantitative estimate of drug-likeness (QED) is 0.269. The molecule has 3 aromatic carbocycles. The van der Waals surface area contributed by atoms with Gasteiger partial charge in [0.2, 0.25) is 0 Å². The van der Waals surface area contributed by atoms with E-state index < -0.39 is 0 Å². The van der Waals surface area contributed by atoms with Gasteiger partial charge in [0.05, 0.1) is 5.56 Å².